The molecule has 0 aromatic heterocycles. The molecule has 0 heterocycles. The number of amides is 3. The van der Waals surface area contributed by atoms with Crippen molar-refractivity contribution in [1.29, 1.82) is 5.41 Å². The van der Waals surface area contributed by atoms with Crippen LogP contribution in [0.3, 0.4) is 0 Å². The standard InChI is InChI=1S/C34H44N8O3.C2HF3O2/c35-30(36)24-14-12-21(13-15-24)19-27(26-17-16-22-7-4-5-10-25(22)20-26)32(44)42-29(23-8-2-1-3-9-23)33(45)41-28(31(37)43)11-6-18-40-34(38)39;3-2(4,5)1(6)7/h4-5,7,10,12-17,20,23,27-29H,1-3,6,8-9,11,18-19H2,(H3,35,36)(H2,37,43)(H,41,45)(H,42,44)(H4,38,39,40);(H,6,7)/t27?,28-,29-;/m0./s1. The van der Waals surface area contributed by atoms with Crippen molar-refractivity contribution < 1.29 is 37.5 Å². The molecule has 1 saturated carbocycles. The van der Waals surface area contributed by atoms with Gasteiger partial charge in [-0.15, -0.1) is 0 Å². The Bertz CT molecular complexity index is 1740. The largest absolute Gasteiger partial charge is 0.490 e. The molecule has 4 rings (SSSR count). The van der Waals surface area contributed by atoms with Gasteiger partial charge in [-0.1, -0.05) is 86.0 Å². The second-order valence-corrected chi connectivity index (χ2v) is 12.6. The van der Waals surface area contributed by atoms with E-state index in [0.717, 1.165) is 54.0 Å². The van der Waals surface area contributed by atoms with Gasteiger partial charge in [-0.25, -0.2) is 4.79 Å². The van der Waals surface area contributed by atoms with Crippen LogP contribution in [0.1, 0.15) is 67.6 Å². The van der Waals surface area contributed by atoms with Crippen molar-refractivity contribution >= 4 is 46.3 Å². The Morgan fingerprint density at radius 3 is 2.04 bits per heavy atom. The zero-order valence-electron chi connectivity index (χ0n) is 28.5. The van der Waals surface area contributed by atoms with E-state index >= 15 is 0 Å². The first kappa shape index (κ1) is 40.8. The normalized spacial score (nSPS) is 14.8. The Morgan fingerprint density at radius 2 is 1.48 bits per heavy atom. The number of halogens is 3. The number of rotatable bonds is 14. The zero-order chi connectivity index (χ0) is 38.4. The molecule has 280 valence electrons. The molecule has 0 spiro atoms. The molecule has 3 atom stereocenters. The van der Waals surface area contributed by atoms with Gasteiger partial charge in [-0.2, -0.15) is 13.2 Å². The van der Waals surface area contributed by atoms with Gasteiger partial charge in [0.25, 0.3) is 0 Å². The minimum Gasteiger partial charge on any atom is -0.475 e. The van der Waals surface area contributed by atoms with Crippen LogP contribution in [0.25, 0.3) is 10.8 Å². The van der Waals surface area contributed by atoms with Crippen LogP contribution in [-0.4, -0.2) is 65.4 Å². The lowest BCUT2D eigenvalue weighted by molar-refractivity contribution is -0.192. The smallest absolute Gasteiger partial charge is 0.475 e. The molecule has 0 radical (unpaired) electrons. The van der Waals surface area contributed by atoms with E-state index in [-0.39, 0.29) is 30.0 Å². The average molecular weight is 727 g/mol. The van der Waals surface area contributed by atoms with Crippen LogP contribution >= 0.6 is 0 Å². The van der Waals surface area contributed by atoms with Gasteiger partial charge < -0.3 is 38.7 Å². The zero-order valence-corrected chi connectivity index (χ0v) is 28.5. The van der Waals surface area contributed by atoms with E-state index < -0.39 is 42.0 Å². The Labute approximate surface area is 298 Å². The van der Waals surface area contributed by atoms with Crippen molar-refractivity contribution in [3.8, 4) is 0 Å². The van der Waals surface area contributed by atoms with E-state index in [1.165, 1.54) is 0 Å². The number of carboxylic acid groups (broad SMARTS) is 1. The summed E-state index contributed by atoms with van der Waals surface area (Å²) in [5, 5.41) is 22.8. The maximum Gasteiger partial charge on any atom is 0.490 e. The number of primary amides is 1. The van der Waals surface area contributed by atoms with E-state index in [1.807, 2.05) is 54.6 Å². The molecule has 0 saturated heterocycles. The number of nitrogen functional groups attached to an aromatic ring is 1. The van der Waals surface area contributed by atoms with Crippen LogP contribution < -0.4 is 33.6 Å². The summed E-state index contributed by atoms with van der Waals surface area (Å²) in [7, 11) is 0. The topological polar surface area (TPSA) is 253 Å². The number of nitrogens with one attached hydrogen (secondary N) is 3. The van der Waals surface area contributed by atoms with Crippen LogP contribution in [0.5, 0.6) is 0 Å². The summed E-state index contributed by atoms with van der Waals surface area (Å²) in [6, 6.07) is 19.4. The predicted molar refractivity (Wildman–Crippen MR) is 191 cm³/mol. The molecule has 16 heteroatoms. The van der Waals surface area contributed by atoms with Crippen LogP contribution in [0.2, 0.25) is 0 Å². The minimum atomic E-state index is -5.08. The fourth-order valence-electron chi connectivity index (χ4n) is 6.01. The van der Waals surface area contributed by atoms with Crippen LogP contribution in [0.15, 0.2) is 71.7 Å². The highest BCUT2D eigenvalue weighted by molar-refractivity contribution is 5.95. The minimum absolute atomic E-state index is 0.0304. The number of amidine groups is 1. The lowest BCUT2D eigenvalue weighted by Crippen LogP contribution is -2.56. The van der Waals surface area contributed by atoms with Crippen LogP contribution in [0.4, 0.5) is 13.2 Å². The number of nitrogens with two attached hydrogens (primary N) is 4. The molecule has 3 aromatic carbocycles. The summed E-state index contributed by atoms with van der Waals surface area (Å²) in [5.74, 6) is -4.90. The quantitative estimate of drug-likeness (QED) is 0.0694. The first-order valence-electron chi connectivity index (χ1n) is 16.7. The third kappa shape index (κ3) is 12.6. The van der Waals surface area contributed by atoms with E-state index in [9.17, 15) is 27.6 Å². The molecule has 1 fully saturated rings. The number of aliphatic carboxylic acids is 1. The summed E-state index contributed by atoms with van der Waals surface area (Å²) in [5.41, 5.74) is 24.4. The summed E-state index contributed by atoms with van der Waals surface area (Å²) in [6.07, 6.45) is 0.559. The number of benzene rings is 3. The molecule has 0 bridgehead atoms. The summed E-state index contributed by atoms with van der Waals surface area (Å²) < 4.78 is 31.7. The molecule has 13 nitrogen and oxygen atoms in total. The number of hydrogen-bond acceptors (Lipinski definition) is 6. The molecular formula is C36H45F3N8O5. The summed E-state index contributed by atoms with van der Waals surface area (Å²) in [6.45, 7) is 0.297. The molecule has 3 aromatic rings. The van der Waals surface area contributed by atoms with Gasteiger partial charge >= 0.3 is 12.1 Å². The highest BCUT2D eigenvalue weighted by atomic mass is 19.4. The number of carbonyl (C=O) groups is 4. The molecule has 0 aliphatic heterocycles. The van der Waals surface area contributed by atoms with Gasteiger partial charge in [-0.3, -0.25) is 24.8 Å². The molecule has 3 amide bonds. The van der Waals surface area contributed by atoms with Gasteiger partial charge in [0.2, 0.25) is 17.7 Å². The Morgan fingerprint density at radius 1 is 0.865 bits per heavy atom. The number of carbonyl (C=O) groups excluding carboxylic acids is 3. The SMILES string of the molecule is N=C(N)c1ccc(CC(C(=O)N[C@H](C(=O)N[C@@H](CCCN=C(N)N)C(N)=O)C2CCCCC2)c2ccc3ccccc3c2)cc1.O=C(O)C(F)(F)F. The molecule has 52 heavy (non-hydrogen) atoms. The number of hydrogen-bond donors (Lipinski definition) is 8. The monoisotopic (exact) mass is 726 g/mol. The molecule has 1 aliphatic carbocycles. The van der Waals surface area contributed by atoms with Gasteiger partial charge in [0.15, 0.2) is 5.96 Å². The second kappa shape index (κ2) is 19.1. The molecule has 12 N–H and O–H groups in total. The van der Waals surface area contributed by atoms with E-state index in [1.54, 1.807) is 12.1 Å². The van der Waals surface area contributed by atoms with Crippen molar-refractivity contribution in [3.63, 3.8) is 0 Å². The maximum atomic E-state index is 14.2. The lowest BCUT2D eigenvalue weighted by atomic mass is 9.82. The fraction of sp³-hybridized carbons (Fsp3) is 0.389. The second-order valence-electron chi connectivity index (χ2n) is 12.6. The summed E-state index contributed by atoms with van der Waals surface area (Å²) >= 11 is 0. The average Bonchev–Trinajstić information content (AvgIpc) is 3.10. The van der Waals surface area contributed by atoms with Crippen LogP contribution in [0, 0.1) is 11.3 Å². The maximum absolute atomic E-state index is 14.2. The van der Waals surface area contributed by atoms with Gasteiger partial charge in [-0.05, 0) is 59.9 Å². The molecule has 1 unspecified atom stereocenters. The Hall–Kier alpha value is -5.67. The molecule has 1 aliphatic rings. The summed E-state index contributed by atoms with van der Waals surface area (Å²) in [4.78, 5) is 53.1. The van der Waals surface area contributed by atoms with E-state index in [4.69, 9.17) is 38.2 Å². The van der Waals surface area contributed by atoms with Crippen molar-refractivity contribution in [1.82, 2.24) is 10.6 Å². The van der Waals surface area contributed by atoms with Crippen molar-refractivity contribution in [2.45, 2.75) is 75.5 Å². The fourth-order valence-corrected chi connectivity index (χ4v) is 6.01. The van der Waals surface area contributed by atoms with Crippen LogP contribution in [-0.2, 0) is 25.6 Å². The first-order valence-corrected chi connectivity index (χ1v) is 16.7. The Kier molecular flexibility index (Phi) is 15.0. The number of fused-ring (bicyclic) bond motifs is 1. The van der Waals surface area contributed by atoms with E-state index in [0.29, 0.717) is 24.9 Å². The van der Waals surface area contributed by atoms with Crippen molar-refractivity contribution in [3.05, 3.63) is 83.4 Å². The number of aliphatic imine (C=N–C) groups is 1. The van der Waals surface area contributed by atoms with Gasteiger partial charge in [0.05, 0.1) is 5.92 Å². The molecular weight excluding hydrogens is 681 g/mol. The highest BCUT2D eigenvalue weighted by Gasteiger charge is 2.38. The third-order valence-corrected chi connectivity index (χ3v) is 8.75. The van der Waals surface area contributed by atoms with Crippen molar-refractivity contribution in [2.24, 2.45) is 33.8 Å². The van der Waals surface area contributed by atoms with E-state index in [2.05, 4.69) is 15.6 Å². The van der Waals surface area contributed by atoms with Gasteiger partial charge in [0, 0.05) is 12.1 Å². The Balaban J connectivity index is 0.000000944. The number of carboxylic acids is 1. The van der Waals surface area contributed by atoms with Crippen molar-refractivity contribution in [2.75, 3.05) is 6.54 Å². The number of guanidine groups is 1. The lowest BCUT2D eigenvalue weighted by Gasteiger charge is -2.32. The number of alkyl halides is 3. The highest BCUT2D eigenvalue weighted by Crippen LogP contribution is 2.30. The van der Waals surface area contributed by atoms with Gasteiger partial charge in [0.1, 0.15) is 17.9 Å². The number of nitrogens with zero attached hydrogens (tertiary/aromatic N) is 1. The third-order valence-electron chi connectivity index (χ3n) is 8.75. The first-order chi connectivity index (χ1) is 24.6. The predicted octanol–water partition coefficient (Wildman–Crippen LogP) is 3.17.